The second-order valence-corrected chi connectivity index (χ2v) is 8.36. The molecule has 1 saturated heterocycles. The maximum atomic E-state index is 12.4. The van der Waals surface area contributed by atoms with Crippen LogP contribution in [0.3, 0.4) is 0 Å². The van der Waals surface area contributed by atoms with Crippen molar-refractivity contribution in [1.29, 1.82) is 0 Å². The Hall–Kier alpha value is -2.22. The van der Waals surface area contributed by atoms with E-state index in [9.17, 15) is 18.0 Å². The number of hydrogen-bond acceptors (Lipinski definition) is 6. The fourth-order valence-electron chi connectivity index (χ4n) is 2.96. The highest BCUT2D eigenvalue weighted by atomic mass is 32.2. The van der Waals surface area contributed by atoms with Crippen LogP contribution in [0.4, 0.5) is 5.69 Å². The van der Waals surface area contributed by atoms with Crippen molar-refractivity contribution < 1.29 is 18.0 Å². The number of sulfone groups is 1. The van der Waals surface area contributed by atoms with Crippen molar-refractivity contribution in [3.05, 3.63) is 30.3 Å². The number of rotatable bonds is 4. The number of hydrogen-bond donors (Lipinski definition) is 1. The van der Waals surface area contributed by atoms with Crippen LogP contribution < -0.4 is 10.3 Å². The van der Waals surface area contributed by atoms with Crippen molar-refractivity contribution in [3.63, 3.8) is 0 Å². The zero-order chi connectivity index (χ0) is 17.3. The Morgan fingerprint density at radius 1 is 1.25 bits per heavy atom. The molecule has 24 heavy (non-hydrogen) atoms. The van der Waals surface area contributed by atoms with Gasteiger partial charge in [-0.3, -0.25) is 14.6 Å². The molecule has 2 aliphatic rings. The van der Waals surface area contributed by atoms with Gasteiger partial charge in [-0.2, -0.15) is 5.10 Å². The highest BCUT2D eigenvalue weighted by Crippen LogP contribution is 2.25. The van der Waals surface area contributed by atoms with Crippen molar-refractivity contribution in [2.75, 3.05) is 16.5 Å². The fourth-order valence-corrected chi connectivity index (χ4v) is 4.63. The first-order valence-corrected chi connectivity index (χ1v) is 9.61. The van der Waals surface area contributed by atoms with E-state index in [4.69, 9.17) is 0 Å². The van der Waals surface area contributed by atoms with E-state index in [0.29, 0.717) is 6.42 Å². The third-order valence-electron chi connectivity index (χ3n) is 4.23. The Morgan fingerprint density at radius 2 is 1.96 bits per heavy atom. The number of amides is 1. The molecule has 0 radical (unpaired) electrons. The van der Waals surface area contributed by atoms with Crippen molar-refractivity contribution >= 4 is 32.9 Å². The lowest BCUT2D eigenvalue weighted by Crippen LogP contribution is -2.40. The molecule has 8 heteroatoms. The van der Waals surface area contributed by atoms with E-state index in [2.05, 4.69) is 10.4 Å². The Kier molecular flexibility index (Phi) is 4.40. The zero-order valence-electron chi connectivity index (χ0n) is 13.3. The molecule has 1 fully saturated rings. The third-order valence-corrected chi connectivity index (χ3v) is 6.00. The van der Waals surface area contributed by atoms with Gasteiger partial charge in [0.2, 0.25) is 0 Å². The number of anilines is 1. The van der Waals surface area contributed by atoms with Gasteiger partial charge in [-0.25, -0.2) is 8.42 Å². The summed E-state index contributed by atoms with van der Waals surface area (Å²) in [5, 5.41) is 8.59. The van der Waals surface area contributed by atoms with Crippen LogP contribution >= 0.6 is 0 Å². The molecule has 1 aromatic carbocycles. The molecule has 2 aliphatic heterocycles. The summed E-state index contributed by atoms with van der Waals surface area (Å²) in [5.41, 5.74) is 0.993. The van der Waals surface area contributed by atoms with Crippen LogP contribution in [-0.4, -0.2) is 49.4 Å². The molecule has 3 rings (SSSR count). The standard InChI is InChI=1S/C16H19N3O4S/c1-11(20)15-9-14(18-19(15)13-5-3-2-4-6-13)16(21)17-12-7-8-24(22,23)10-12/h2-6,12,15H,7-10H2,1H3,(H,17,21). The molecule has 0 spiro atoms. The van der Waals surface area contributed by atoms with Gasteiger partial charge in [0.15, 0.2) is 15.6 Å². The lowest BCUT2D eigenvalue weighted by atomic mass is 10.1. The highest BCUT2D eigenvalue weighted by Gasteiger charge is 2.36. The number of ketones is 1. The van der Waals surface area contributed by atoms with Crippen LogP contribution in [0.25, 0.3) is 0 Å². The summed E-state index contributed by atoms with van der Waals surface area (Å²) in [5.74, 6) is -0.420. The minimum absolute atomic E-state index is 0.0371. The summed E-state index contributed by atoms with van der Waals surface area (Å²) in [7, 11) is -3.06. The van der Waals surface area contributed by atoms with E-state index < -0.39 is 21.8 Å². The van der Waals surface area contributed by atoms with Gasteiger partial charge in [-0.1, -0.05) is 18.2 Å². The smallest absolute Gasteiger partial charge is 0.267 e. The van der Waals surface area contributed by atoms with Crippen LogP contribution in [0.5, 0.6) is 0 Å². The molecule has 1 N–H and O–H groups in total. The van der Waals surface area contributed by atoms with Gasteiger partial charge >= 0.3 is 0 Å². The first-order valence-electron chi connectivity index (χ1n) is 7.79. The fraction of sp³-hybridized carbons (Fsp3) is 0.438. The molecular formula is C16H19N3O4S. The van der Waals surface area contributed by atoms with Crippen molar-refractivity contribution in [2.24, 2.45) is 5.10 Å². The van der Waals surface area contributed by atoms with E-state index >= 15 is 0 Å². The Morgan fingerprint density at radius 3 is 2.54 bits per heavy atom. The highest BCUT2D eigenvalue weighted by molar-refractivity contribution is 7.91. The molecule has 1 aromatic rings. The number of Topliss-reactive ketones (excluding diaryl/α,β-unsaturated/α-hetero) is 1. The van der Waals surface area contributed by atoms with Gasteiger partial charge < -0.3 is 5.32 Å². The third kappa shape index (κ3) is 3.48. The maximum Gasteiger partial charge on any atom is 0.267 e. The Balaban J connectivity index is 1.76. The normalized spacial score (nSPS) is 25.4. The molecule has 1 amide bonds. The second kappa shape index (κ2) is 6.35. The first-order chi connectivity index (χ1) is 11.4. The van der Waals surface area contributed by atoms with Crippen molar-refractivity contribution in [3.8, 4) is 0 Å². The zero-order valence-corrected chi connectivity index (χ0v) is 14.1. The van der Waals surface area contributed by atoms with Gasteiger partial charge in [0.25, 0.3) is 5.91 Å². The number of nitrogens with zero attached hydrogens (tertiary/aromatic N) is 2. The Labute approximate surface area is 140 Å². The molecule has 2 unspecified atom stereocenters. The second-order valence-electron chi connectivity index (χ2n) is 6.13. The molecular weight excluding hydrogens is 330 g/mol. The molecule has 0 aliphatic carbocycles. The summed E-state index contributed by atoms with van der Waals surface area (Å²) in [4.78, 5) is 24.3. The maximum absolute atomic E-state index is 12.4. The molecule has 128 valence electrons. The van der Waals surface area contributed by atoms with Crippen molar-refractivity contribution in [2.45, 2.75) is 31.8 Å². The summed E-state index contributed by atoms with van der Waals surface area (Å²) in [6.45, 7) is 1.47. The molecule has 2 atom stereocenters. The number of para-hydroxylation sites is 1. The molecule has 0 saturated carbocycles. The number of hydrazone groups is 1. The number of benzene rings is 1. The number of carbonyl (C=O) groups is 2. The summed E-state index contributed by atoms with van der Waals surface area (Å²) < 4.78 is 23.0. The van der Waals surface area contributed by atoms with E-state index in [1.54, 1.807) is 5.01 Å². The van der Waals surface area contributed by atoms with Crippen LogP contribution in [0, 0.1) is 0 Å². The molecule has 0 aromatic heterocycles. The van der Waals surface area contributed by atoms with Gasteiger partial charge in [-0.15, -0.1) is 0 Å². The van der Waals surface area contributed by atoms with Crippen LogP contribution in [0.2, 0.25) is 0 Å². The van der Waals surface area contributed by atoms with Gasteiger partial charge in [0.1, 0.15) is 11.8 Å². The van der Waals surface area contributed by atoms with Crippen LogP contribution in [0.15, 0.2) is 35.4 Å². The van der Waals surface area contributed by atoms with Crippen LogP contribution in [0.1, 0.15) is 19.8 Å². The van der Waals surface area contributed by atoms with Crippen LogP contribution in [-0.2, 0) is 19.4 Å². The largest absolute Gasteiger partial charge is 0.347 e. The monoisotopic (exact) mass is 349 g/mol. The molecule has 7 nitrogen and oxygen atoms in total. The number of nitrogens with one attached hydrogen (secondary N) is 1. The molecule has 0 bridgehead atoms. The molecule has 2 heterocycles. The summed E-state index contributed by atoms with van der Waals surface area (Å²) in [6.07, 6.45) is 0.634. The van der Waals surface area contributed by atoms with E-state index in [0.717, 1.165) is 5.69 Å². The van der Waals surface area contributed by atoms with Gasteiger partial charge in [-0.05, 0) is 25.5 Å². The predicted octanol–water partition coefficient (Wildman–Crippen LogP) is 0.514. The quantitative estimate of drug-likeness (QED) is 0.855. The van der Waals surface area contributed by atoms with Gasteiger partial charge in [0.05, 0.1) is 17.2 Å². The van der Waals surface area contributed by atoms with E-state index in [-0.39, 0.29) is 35.5 Å². The minimum Gasteiger partial charge on any atom is -0.347 e. The average Bonchev–Trinajstić information content (AvgIpc) is 3.12. The summed E-state index contributed by atoms with van der Waals surface area (Å²) in [6, 6.07) is 8.29. The predicted molar refractivity (Wildman–Crippen MR) is 90.6 cm³/mol. The number of carbonyl (C=O) groups excluding carboxylic acids is 2. The lowest BCUT2D eigenvalue weighted by Gasteiger charge is -2.20. The SMILES string of the molecule is CC(=O)C1CC(C(=O)NC2CCS(=O)(=O)C2)=NN1c1ccccc1. The summed E-state index contributed by atoms with van der Waals surface area (Å²) >= 11 is 0. The lowest BCUT2D eigenvalue weighted by molar-refractivity contribution is -0.118. The van der Waals surface area contributed by atoms with Crippen molar-refractivity contribution in [1.82, 2.24) is 5.32 Å². The first kappa shape index (κ1) is 16.6. The van der Waals surface area contributed by atoms with E-state index in [1.807, 2.05) is 30.3 Å². The topological polar surface area (TPSA) is 95.9 Å². The van der Waals surface area contributed by atoms with Gasteiger partial charge in [0, 0.05) is 12.5 Å². The minimum atomic E-state index is -3.06. The average molecular weight is 349 g/mol. The van der Waals surface area contributed by atoms with E-state index in [1.165, 1.54) is 6.92 Å². The Bertz CT molecular complexity index is 789.